The zero-order valence-corrected chi connectivity index (χ0v) is 12.1. The van der Waals surface area contributed by atoms with Crippen molar-refractivity contribution in [3.05, 3.63) is 0 Å². The van der Waals surface area contributed by atoms with Crippen LogP contribution in [0.25, 0.3) is 0 Å². The third-order valence-electron chi connectivity index (χ3n) is 3.67. The first kappa shape index (κ1) is 15.4. The van der Waals surface area contributed by atoms with Gasteiger partial charge in [0.05, 0.1) is 0 Å². The lowest BCUT2D eigenvalue weighted by Crippen LogP contribution is -2.40. The van der Waals surface area contributed by atoms with Crippen molar-refractivity contribution >= 4 is 5.91 Å². The summed E-state index contributed by atoms with van der Waals surface area (Å²) >= 11 is 0. The van der Waals surface area contributed by atoms with Gasteiger partial charge in [-0.15, -0.1) is 0 Å². The second-order valence-corrected chi connectivity index (χ2v) is 4.96. The summed E-state index contributed by atoms with van der Waals surface area (Å²) in [4.78, 5) is 13.8. The number of rotatable bonds is 7. The van der Waals surface area contributed by atoms with Gasteiger partial charge in [-0.2, -0.15) is 0 Å². The summed E-state index contributed by atoms with van der Waals surface area (Å²) in [5.74, 6) is 0.108. The fourth-order valence-electron chi connectivity index (χ4n) is 2.42. The van der Waals surface area contributed by atoms with Crippen molar-refractivity contribution < 1.29 is 9.53 Å². The molecule has 0 radical (unpaired) electrons. The molecule has 1 amide bonds. The standard InChI is InChI=1S/C14H28N2O2/c1-4-16(5-2)14(17)12(3)18-11-9-13-8-6-7-10-15-13/h12-13,15H,4-11H2,1-3H3. The van der Waals surface area contributed by atoms with Crippen molar-refractivity contribution in [2.24, 2.45) is 0 Å². The highest BCUT2D eigenvalue weighted by molar-refractivity contribution is 5.80. The molecule has 1 rings (SSSR count). The van der Waals surface area contributed by atoms with Gasteiger partial charge in [0.15, 0.2) is 0 Å². The van der Waals surface area contributed by atoms with Crippen molar-refractivity contribution in [3.8, 4) is 0 Å². The average Bonchev–Trinajstić information content (AvgIpc) is 2.41. The molecule has 0 aliphatic carbocycles. The van der Waals surface area contributed by atoms with Crippen molar-refractivity contribution in [1.82, 2.24) is 10.2 Å². The molecule has 0 aromatic rings. The van der Waals surface area contributed by atoms with Crippen LogP contribution in [0.3, 0.4) is 0 Å². The Balaban J connectivity index is 2.19. The first-order chi connectivity index (χ1) is 8.69. The maximum Gasteiger partial charge on any atom is 0.251 e. The molecule has 2 atom stereocenters. The quantitative estimate of drug-likeness (QED) is 0.755. The van der Waals surface area contributed by atoms with Gasteiger partial charge in [-0.3, -0.25) is 4.79 Å². The molecule has 1 fully saturated rings. The van der Waals surface area contributed by atoms with Crippen LogP contribution in [0.4, 0.5) is 0 Å². The van der Waals surface area contributed by atoms with Crippen molar-refractivity contribution in [2.75, 3.05) is 26.2 Å². The van der Waals surface area contributed by atoms with E-state index in [9.17, 15) is 4.79 Å². The van der Waals surface area contributed by atoms with Crippen molar-refractivity contribution in [3.63, 3.8) is 0 Å². The Morgan fingerprint density at radius 3 is 2.67 bits per heavy atom. The fourth-order valence-corrected chi connectivity index (χ4v) is 2.42. The van der Waals surface area contributed by atoms with Crippen LogP contribution in [-0.2, 0) is 9.53 Å². The van der Waals surface area contributed by atoms with Gasteiger partial charge in [0.1, 0.15) is 6.10 Å². The van der Waals surface area contributed by atoms with Crippen LogP contribution in [-0.4, -0.2) is 49.2 Å². The Kier molecular flexibility index (Phi) is 7.28. The van der Waals surface area contributed by atoms with Gasteiger partial charge in [-0.05, 0) is 46.6 Å². The molecule has 18 heavy (non-hydrogen) atoms. The molecule has 0 bridgehead atoms. The monoisotopic (exact) mass is 256 g/mol. The molecule has 1 aliphatic heterocycles. The molecular formula is C14H28N2O2. The smallest absolute Gasteiger partial charge is 0.251 e. The summed E-state index contributed by atoms with van der Waals surface area (Å²) in [6, 6.07) is 0.578. The molecule has 2 unspecified atom stereocenters. The third kappa shape index (κ3) is 4.94. The number of amides is 1. The van der Waals surface area contributed by atoms with Gasteiger partial charge < -0.3 is 15.0 Å². The molecule has 0 aromatic heterocycles. The van der Waals surface area contributed by atoms with Crippen molar-refractivity contribution in [1.29, 1.82) is 0 Å². The molecule has 4 heteroatoms. The number of ether oxygens (including phenoxy) is 1. The highest BCUT2D eigenvalue weighted by atomic mass is 16.5. The zero-order chi connectivity index (χ0) is 13.4. The first-order valence-corrected chi connectivity index (χ1v) is 7.32. The molecular weight excluding hydrogens is 228 g/mol. The van der Waals surface area contributed by atoms with E-state index in [1.54, 1.807) is 0 Å². The van der Waals surface area contributed by atoms with E-state index in [2.05, 4.69) is 5.32 Å². The summed E-state index contributed by atoms with van der Waals surface area (Å²) in [6.45, 7) is 9.17. The molecule has 106 valence electrons. The molecule has 1 saturated heterocycles. The minimum atomic E-state index is -0.312. The van der Waals surface area contributed by atoms with Gasteiger partial charge in [0.2, 0.25) is 0 Å². The lowest BCUT2D eigenvalue weighted by atomic mass is 10.0. The molecule has 0 spiro atoms. The van der Waals surface area contributed by atoms with Crippen LogP contribution in [0, 0.1) is 0 Å². The molecule has 1 N–H and O–H groups in total. The highest BCUT2D eigenvalue weighted by Gasteiger charge is 2.19. The Labute approximate surface area is 111 Å². The first-order valence-electron chi connectivity index (χ1n) is 7.32. The van der Waals surface area contributed by atoms with E-state index in [1.165, 1.54) is 19.3 Å². The van der Waals surface area contributed by atoms with Gasteiger partial charge in [-0.25, -0.2) is 0 Å². The second kappa shape index (κ2) is 8.48. The Morgan fingerprint density at radius 1 is 1.39 bits per heavy atom. The normalized spacial score (nSPS) is 21.6. The minimum absolute atomic E-state index is 0.108. The summed E-state index contributed by atoms with van der Waals surface area (Å²) in [6.07, 6.45) is 4.53. The molecule has 4 nitrogen and oxygen atoms in total. The van der Waals surface area contributed by atoms with Crippen LogP contribution >= 0.6 is 0 Å². The van der Waals surface area contributed by atoms with Gasteiger partial charge in [0.25, 0.3) is 5.91 Å². The topological polar surface area (TPSA) is 41.6 Å². The molecule has 0 aromatic carbocycles. The van der Waals surface area contributed by atoms with Crippen LogP contribution in [0.5, 0.6) is 0 Å². The van der Waals surface area contributed by atoms with Gasteiger partial charge in [-0.1, -0.05) is 6.42 Å². The number of carbonyl (C=O) groups is 1. The Hall–Kier alpha value is -0.610. The van der Waals surface area contributed by atoms with E-state index in [0.29, 0.717) is 12.6 Å². The average molecular weight is 256 g/mol. The largest absolute Gasteiger partial charge is 0.369 e. The number of piperidine rings is 1. The Morgan fingerprint density at radius 2 is 2.11 bits per heavy atom. The number of hydrogen-bond donors (Lipinski definition) is 1. The van der Waals surface area contributed by atoms with E-state index in [4.69, 9.17) is 4.74 Å². The number of nitrogens with zero attached hydrogens (tertiary/aromatic N) is 1. The van der Waals surface area contributed by atoms with Crippen LogP contribution in [0.1, 0.15) is 46.5 Å². The minimum Gasteiger partial charge on any atom is -0.369 e. The highest BCUT2D eigenvalue weighted by Crippen LogP contribution is 2.10. The zero-order valence-electron chi connectivity index (χ0n) is 12.1. The van der Waals surface area contributed by atoms with Crippen LogP contribution < -0.4 is 5.32 Å². The van der Waals surface area contributed by atoms with E-state index in [-0.39, 0.29) is 12.0 Å². The number of nitrogens with one attached hydrogen (secondary N) is 1. The number of likely N-dealkylation sites (N-methyl/N-ethyl adjacent to an activating group) is 1. The lowest BCUT2D eigenvalue weighted by molar-refractivity contribution is -0.142. The summed E-state index contributed by atoms with van der Waals surface area (Å²) in [7, 11) is 0. The van der Waals surface area contributed by atoms with Crippen LogP contribution in [0.2, 0.25) is 0 Å². The van der Waals surface area contributed by atoms with E-state index in [1.807, 2.05) is 25.7 Å². The van der Waals surface area contributed by atoms with E-state index in [0.717, 1.165) is 26.1 Å². The fraction of sp³-hybridized carbons (Fsp3) is 0.929. The molecule has 0 saturated carbocycles. The van der Waals surface area contributed by atoms with Gasteiger partial charge >= 0.3 is 0 Å². The third-order valence-corrected chi connectivity index (χ3v) is 3.67. The summed E-state index contributed by atoms with van der Waals surface area (Å²) in [5, 5.41) is 3.49. The second-order valence-electron chi connectivity index (χ2n) is 4.96. The summed E-state index contributed by atoms with van der Waals surface area (Å²) < 4.78 is 5.66. The lowest BCUT2D eigenvalue weighted by Gasteiger charge is -2.25. The maximum absolute atomic E-state index is 12.0. The van der Waals surface area contributed by atoms with E-state index >= 15 is 0 Å². The number of carbonyl (C=O) groups excluding carboxylic acids is 1. The SMILES string of the molecule is CCN(CC)C(=O)C(C)OCCC1CCCCN1. The van der Waals surface area contributed by atoms with Gasteiger partial charge in [0, 0.05) is 25.7 Å². The Bertz CT molecular complexity index is 236. The maximum atomic E-state index is 12.0. The predicted octanol–water partition coefficient (Wildman–Crippen LogP) is 1.79. The van der Waals surface area contributed by atoms with Crippen LogP contribution in [0.15, 0.2) is 0 Å². The molecule has 1 aliphatic rings. The number of hydrogen-bond acceptors (Lipinski definition) is 3. The van der Waals surface area contributed by atoms with Crippen molar-refractivity contribution in [2.45, 2.75) is 58.6 Å². The predicted molar refractivity (Wildman–Crippen MR) is 73.6 cm³/mol. The van der Waals surface area contributed by atoms with E-state index < -0.39 is 0 Å². The summed E-state index contributed by atoms with van der Waals surface area (Å²) in [5.41, 5.74) is 0. The molecule has 1 heterocycles.